The van der Waals surface area contributed by atoms with Gasteiger partial charge in [-0.15, -0.1) is 10.2 Å². The molecule has 0 radical (unpaired) electrons. The maximum atomic E-state index is 12.5. The molecule has 1 heterocycles. The lowest BCUT2D eigenvalue weighted by atomic mass is 10.2. The number of halogens is 1. The van der Waals surface area contributed by atoms with Crippen LogP contribution in [0.1, 0.15) is 21.8 Å². The Morgan fingerprint density at radius 2 is 1.72 bits per heavy atom. The molecule has 4 rings (SSSR count). The third-order valence-corrected chi connectivity index (χ3v) is 4.77. The van der Waals surface area contributed by atoms with Gasteiger partial charge in [0, 0.05) is 10.6 Å². The topological polar surface area (TPSA) is 83.7 Å². The van der Waals surface area contributed by atoms with Crippen LogP contribution in [0.3, 0.4) is 0 Å². The highest BCUT2D eigenvalue weighted by Crippen LogP contribution is 2.29. The average Bonchev–Trinajstić information content (AvgIpc) is 3.32. The van der Waals surface area contributed by atoms with E-state index in [4.69, 9.17) is 30.2 Å². The number of ether oxygens (including phenoxy) is 3. The van der Waals surface area contributed by atoms with Gasteiger partial charge in [0.05, 0.1) is 12.7 Å². The SMILES string of the molecule is COc1cc(C(=O)OCc2nnc(-c3ccccc3)o2)ccc1OCc1ccc(Cl)cc1. The minimum atomic E-state index is -0.549. The van der Waals surface area contributed by atoms with Gasteiger partial charge in [-0.3, -0.25) is 0 Å². The number of methoxy groups -OCH3 is 1. The van der Waals surface area contributed by atoms with Crippen LogP contribution < -0.4 is 9.47 Å². The van der Waals surface area contributed by atoms with Crippen molar-refractivity contribution in [2.45, 2.75) is 13.2 Å². The van der Waals surface area contributed by atoms with E-state index in [1.807, 2.05) is 42.5 Å². The molecule has 0 saturated heterocycles. The first-order valence-corrected chi connectivity index (χ1v) is 10.1. The molecule has 0 aliphatic carbocycles. The van der Waals surface area contributed by atoms with Gasteiger partial charge in [-0.2, -0.15) is 0 Å². The van der Waals surface area contributed by atoms with Crippen molar-refractivity contribution in [3.8, 4) is 23.0 Å². The summed E-state index contributed by atoms with van der Waals surface area (Å²) >= 11 is 5.90. The van der Waals surface area contributed by atoms with Crippen molar-refractivity contribution in [2.75, 3.05) is 7.11 Å². The van der Waals surface area contributed by atoms with Crippen LogP contribution in [0.15, 0.2) is 77.2 Å². The summed E-state index contributed by atoms with van der Waals surface area (Å²) in [5.74, 6) is 0.931. The predicted molar refractivity (Wildman–Crippen MR) is 118 cm³/mol. The first-order valence-electron chi connectivity index (χ1n) is 9.72. The highest BCUT2D eigenvalue weighted by Gasteiger charge is 2.15. The molecular formula is C24H19ClN2O5. The van der Waals surface area contributed by atoms with Crippen molar-refractivity contribution in [1.82, 2.24) is 10.2 Å². The number of hydrogen-bond acceptors (Lipinski definition) is 7. The molecule has 32 heavy (non-hydrogen) atoms. The van der Waals surface area contributed by atoms with Crippen LogP contribution in [-0.2, 0) is 18.0 Å². The highest BCUT2D eigenvalue weighted by molar-refractivity contribution is 6.30. The van der Waals surface area contributed by atoms with Crippen molar-refractivity contribution in [3.63, 3.8) is 0 Å². The summed E-state index contributed by atoms with van der Waals surface area (Å²) < 4.78 is 22.0. The van der Waals surface area contributed by atoms with Crippen LogP contribution in [0.5, 0.6) is 11.5 Å². The Balaban J connectivity index is 1.37. The lowest BCUT2D eigenvalue weighted by Crippen LogP contribution is -2.06. The number of esters is 1. The zero-order chi connectivity index (χ0) is 22.3. The molecule has 7 nitrogen and oxygen atoms in total. The van der Waals surface area contributed by atoms with E-state index in [1.54, 1.807) is 30.3 Å². The van der Waals surface area contributed by atoms with Gasteiger partial charge in [0.1, 0.15) is 6.61 Å². The van der Waals surface area contributed by atoms with Crippen LogP contribution in [0, 0.1) is 0 Å². The Morgan fingerprint density at radius 1 is 0.938 bits per heavy atom. The van der Waals surface area contributed by atoms with Crippen molar-refractivity contribution < 1.29 is 23.4 Å². The quantitative estimate of drug-likeness (QED) is 0.335. The third kappa shape index (κ3) is 5.25. The number of nitrogens with zero attached hydrogens (tertiary/aromatic N) is 2. The van der Waals surface area contributed by atoms with Crippen molar-refractivity contribution in [1.29, 1.82) is 0 Å². The zero-order valence-electron chi connectivity index (χ0n) is 17.2. The number of rotatable bonds is 8. The Bertz CT molecular complexity index is 1190. The largest absolute Gasteiger partial charge is 0.493 e. The minimum absolute atomic E-state index is 0.143. The van der Waals surface area contributed by atoms with Gasteiger partial charge in [0.2, 0.25) is 5.89 Å². The maximum absolute atomic E-state index is 12.5. The van der Waals surface area contributed by atoms with Crippen LogP contribution in [-0.4, -0.2) is 23.3 Å². The molecule has 8 heteroatoms. The average molecular weight is 451 g/mol. The molecule has 162 valence electrons. The Labute approximate surface area is 189 Å². The summed E-state index contributed by atoms with van der Waals surface area (Å²) in [6.45, 7) is 0.189. The van der Waals surface area contributed by atoms with E-state index in [9.17, 15) is 4.79 Å². The summed E-state index contributed by atoms with van der Waals surface area (Å²) in [5, 5.41) is 8.55. The lowest BCUT2D eigenvalue weighted by molar-refractivity contribution is 0.0438. The summed E-state index contributed by atoms with van der Waals surface area (Å²) in [5.41, 5.74) is 2.05. The molecule has 0 atom stereocenters. The molecule has 4 aromatic rings. The number of carbonyl (C=O) groups excluding carboxylic acids is 1. The molecule has 0 aliphatic heterocycles. The van der Waals surface area contributed by atoms with Gasteiger partial charge in [-0.05, 0) is 48.0 Å². The molecule has 0 unspecified atom stereocenters. The molecular weight excluding hydrogens is 432 g/mol. The summed E-state index contributed by atoms with van der Waals surface area (Å²) in [6, 6.07) is 21.5. The number of aromatic nitrogens is 2. The van der Waals surface area contributed by atoms with Crippen molar-refractivity contribution in [3.05, 3.63) is 94.8 Å². The van der Waals surface area contributed by atoms with Crippen LogP contribution >= 0.6 is 11.6 Å². The van der Waals surface area contributed by atoms with Gasteiger partial charge in [0.25, 0.3) is 5.89 Å². The maximum Gasteiger partial charge on any atom is 0.338 e. The van der Waals surface area contributed by atoms with E-state index >= 15 is 0 Å². The number of benzene rings is 3. The first kappa shape index (κ1) is 21.4. The van der Waals surface area contributed by atoms with Gasteiger partial charge in [0.15, 0.2) is 18.1 Å². The second kappa shape index (κ2) is 9.98. The Kier molecular flexibility index (Phi) is 6.67. The van der Waals surface area contributed by atoms with Crippen LogP contribution in [0.2, 0.25) is 5.02 Å². The zero-order valence-corrected chi connectivity index (χ0v) is 17.9. The molecule has 0 bridgehead atoms. The lowest BCUT2D eigenvalue weighted by Gasteiger charge is -2.12. The van der Waals surface area contributed by atoms with E-state index in [-0.39, 0.29) is 12.5 Å². The normalized spacial score (nSPS) is 10.6. The molecule has 1 aromatic heterocycles. The van der Waals surface area contributed by atoms with Crippen LogP contribution in [0.4, 0.5) is 0 Å². The molecule has 3 aromatic carbocycles. The van der Waals surface area contributed by atoms with E-state index < -0.39 is 5.97 Å². The minimum Gasteiger partial charge on any atom is -0.493 e. The summed E-state index contributed by atoms with van der Waals surface area (Å²) in [6.07, 6.45) is 0. The fraction of sp³-hybridized carbons (Fsp3) is 0.125. The smallest absolute Gasteiger partial charge is 0.338 e. The standard InChI is InChI=1S/C24H19ClN2O5/c1-29-21-13-18(9-12-20(21)30-14-16-7-10-19(25)11-8-16)24(28)31-15-22-26-27-23(32-22)17-5-3-2-4-6-17/h2-13H,14-15H2,1H3. The van der Waals surface area contributed by atoms with Crippen LogP contribution in [0.25, 0.3) is 11.5 Å². The molecule has 0 saturated carbocycles. The van der Waals surface area contributed by atoms with Gasteiger partial charge in [-0.25, -0.2) is 4.79 Å². The van der Waals surface area contributed by atoms with E-state index in [1.165, 1.54) is 7.11 Å². The molecule has 0 aliphatic rings. The summed E-state index contributed by atoms with van der Waals surface area (Å²) in [7, 11) is 1.50. The van der Waals surface area contributed by atoms with E-state index in [0.29, 0.717) is 34.6 Å². The van der Waals surface area contributed by atoms with Crippen molar-refractivity contribution >= 4 is 17.6 Å². The van der Waals surface area contributed by atoms with Gasteiger partial charge in [-0.1, -0.05) is 41.9 Å². The number of hydrogen-bond donors (Lipinski definition) is 0. The van der Waals surface area contributed by atoms with Gasteiger partial charge < -0.3 is 18.6 Å². The molecule has 0 amide bonds. The fourth-order valence-corrected chi connectivity index (χ4v) is 3.00. The fourth-order valence-electron chi connectivity index (χ4n) is 2.88. The monoisotopic (exact) mass is 450 g/mol. The third-order valence-electron chi connectivity index (χ3n) is 4.52. The predicted octanol–water partition coefficient (Wildman–Crippen LogP) is 5.33. The van der Waals surface area contributed by atoms with Gasteiger partial charge >= 0.3 is 5.97 Å². The Morgan fingerprint density at radius 3 is 2.47 bits per heavy atom. The molecule has 0 spiro atoms. The second-order valence-electron chi connectivity index (χ2n) is 6.72. The van der Waals surface area contributed by atoms with Crippen molar-refractivity contribution in [2.24, 2.45) is 0 Å². The molecule has 0 fully saturated rings. The Hall–Kier alpha value is -3.84. The summed E-state index contributed by atoms with van der Waals surface area (Å²) in [4.78, 5) is 12.5. The van der Waals surface area contributed by atoms with E-state index in [2.05, 4.69) is 10.2 Å². The first-order chi connectivity index (χ1) is 15.6. The van der Waals surface area contributed by atoms with E-state index in [0.717, 1.165) is 11.1 Å². The molecule has 0 N–H and O–H groups in total. The second-order valence-corrected chi connectivity index (χ2v) is 7.16. The number of carbonyl (C=O) groups is 1. The highest BCUT2D eigenvalue weighted by atomic mass is 35.5.